The minimum atomic E-state index is -1.21. The summed E-state index contributed by atoms with van der Waals surface area (Å²) >= 11 is 0. The van der Waals surface area contributed by atoms with Crippen molar-refractivity contribution in [2.24, 2.45) is 0 Å². The van der Waals surface area contributed by atoms with Crippen LogP contribution >= 0.6 is 0 Å². The van der Waals surface area contributed by atoms with Crippen molar-refractivity contribution in [3.05, 3.63) is 35.8 Å². The Hall–Kier alpha value is -2.65. The number of nitrogens with zero attached hydrogens (tertiary/aromatic N) is 2. The molecule has 1 N–H and O–H groups in total. The molecule has 1 atom stereocenters. The van der Waals surface area contributed by atoms with E-state index < -0.39 is 20.1 Å². The maximum absolute atomic E-state index is 12.4. The molecular weight excluding hydrogens is 426 g/mol. The van der Waals surface area contributed by atoms with Crippen LogP contribution < -0.4 is 10.1 Å². The van der Waals surface area contributed by atoms with Gasteiger partial charge in [-0.2, -0.15) is 0 Å². The van der Waals surface area contributed by atoms with Crippen molar-refractivity contribution in [1.82, 2.24) is 14.9 Å². The number of nitrogens with one attached hydrogen (secondary N) is 1. The van der Waals surface area contributed by atoms with E-state index in [1.54, 1.807) is 13.4 Å². The van der Waals surface area contributed by atoms with E-state index in [2.05, 4.69) is 29.9 Å². The van der Waals surface area contributed by atoms with Crippen LogP contribution in [-0.2, 0) is 32.2 Å². The van der Waals surface area contributed by atoms with Gasteiger partial charge in [-0.15, -0.1) is 0 Å². The number of aromatic nitrogens is 2. The van der Waals surface area contributed by atoms with Crippen LogP contribution in [0.1, 0.15) is 18.2 Å². The van der Waals surface area contributed by atoms with Crippen molar-refractivity contribution >= 4 is 20.0 Å². The second kappa shape index (κ2) is 11.3. The van der Waals surface area contributed by atoms with E-state index in [9.17, 15) is 9.59 Å². The van der Waals surface area contributed by atoms with Gasteiger partial charge in [0.05, 0.1) is 31.9 Å². The van der Waals surface area contributed by atoms with Crippen molar-refractivity contribution in [3.8, 4) is 17.0 Å². The third-order valence-corrected chi connectivity index (χ3v) is 6.75. The van der Waals surface area contributed by atoms with Gasteiger partial charge in [-0.1, -0.05) is 31.3 Å². The molecule has 176 valence electrons. The fourth-order valence-corrected chi connectivity index (χ4v) is 4.04. The van der Waals surface area contributed by atoms with Gasteiger partial charge in [-0.25, -0.2) is 9.78 Å². The molecule has 1 aromatic carbocycles. The number of methoxy groups -OCH3 is 2. The molecule has 2 aromatic rings. The van der Waals surface area contributed by atoms with Gasteiger partial charge in [0.25, 0.3) is 0 Å². The Labute approximate surface area is 191 Å². The van der Waals surface area contributed by atoms with E-state index in [0.717, 1.165) is 22.9 Å². The SMILES string of the molecule is COC(=O)[C@H](Cc1c(-c2cc(C)ccc2OC)ncn1COCC[Si](C)(C)C)NC(C)=O. The predicted octanol–water partition coefficient (Wildman–Crippen LogP) is 3.40. The summed E-state index contributed by atoms with van der Waals surface area (Å²) in [6.45, 7) is 11.2. The maximum Gasteiger partial charge on any atom is 0.328 e. The van der Waals surface area contributed by atoms with Crippen LogP contribution in [0.4, 0.5) is 0 Å². The topological polar surface area (TPSA) is 91.7 Å². The lowest BCUT2D eigenvalue weighted by atomic mass is 10.0. The van der Waals surface area contributed by atoms with Crippen molar-refractivity contribution in [2.45, 2.75) is 58.7 Å². The molecule has 9 heteroatoms. The minimum absolute atomic E-state index is 0.204. The average Bonchev–Trinajstić information content (AvgIpc) is 3.11. The highest BCUT2D eigenvalue weighted by molar-refractivity contribution is 6.76. The molecule has 8 nitrogen and oxygen atoms in total. The number of benzene rings is 1. The van der Waals surface area contributed by atoms with E-state index >= 15 is 0 Å². The van der Waals surface area contributed by atoms with E-state index in [1.807, 2.05) is 29.7 Å². The summed E-state index contributed by atoms with van der Waals surface area (Å²) in [6.07, 6.45) is 1.90. The lowest BCUT2D eigenvalue weighted by Gasteiger charge is -2.19. The van der Waals surface area contributed by atoms with Gasteiger partial charge in [-0.3, -0.25) is 4.79 Å². The van der Waals surface area contributed by atoms with Crippen molar-refractivity contribution < 1.29 is 23.8 Å². The summed E-state index contributed by atoms with van der Waals surface area (Å²) in [6, 6.07) is 6.06. The van der Waals surface area contributed by atoms with E-state index in [0.29, 0.717) is 24.8 Å². The fourth-order valence-electron chi connectivity index (χ4n) is 3.28. The standard InChI is InChI=1S/C23H35N3O5Si/c1-16-8-9-21(29-3)18(12-16)22-20(13-19(23(28)30-4)25-17(2)27)26(14-24-22)15-31-10-11-32(5,6)7/h8-9,12,14,19H,10-11,13,15H2,1-7H3,(H,25,27)/t19-/m0/s1. The molecule has 0 radical (unpaired) electrons. The Kier molecular flexibility index (Phi) is 9.03. The first kappa shape index (κ1) is 25.6. The number of ether oxygens (including phenoxy) is 3. The number of hydrogen-bond donors (Lipinski definition) is 1. The summed E-state index contributed by atoms with van der Waals surface area (Å²) in [5.41, 5.74) is 3.30. The van der Waals surface area contributed by atoms with Crippen LogP contribution in [0, 0.1) is 6.92 Å². The van der Waals surface area contributed by atoms with Crippen molar-refractivity contribution in [3.63, 3.8) is 0 Å². The number of hydrogen-bond acceptors (Lipinski definition) is 6. The van der Waals surface area contributed by atoms with Gasteiger partial charge in [0.15, 0.2) is 0 Å². The number of aryl methyl sites for hydroxylation is 1. The summed E-state index contributed by atoms with van der Waals surface area (Å²) in [4.78, 5) is 28.7. The summed E-state index contributed by atoms with van der Waals surface area (Å²) in [5.74, 6) is -0.154. The van der Waals surface area contributed by atoms with Gasteiger partial charge in [0.2, 0.25) is 5.91 Å². The van der Waals surface area contributed by atoms with Gasteiger partial charge >= 0.3 is 5.97 Å². The van der Waals surface area contributed by atoms with Crippen molar-refractivity contribution in [2.75, 3.05) is 20.8 Å². The molecule has 0 bridgehead atoms. The first-order valence-corrected chi connectivity index (χ1v) is 14.4. The number of amides is 1. The molecule has 1 amide bonds. The van der Waals surface area contributed by atoms with Crippen LogP contribution in [0.15, 0.2) is 24.5 Å². The van der Waals surface area contributed by atoms with Crippen LogP contribution in [0.3, 0.4) is 0 Å². The third-order valence-electron chi connectivity index (χ3n) is 5.04. The van der Waals surface area contributed by atoms with Crippen molar-refractivity contribution in [1.29, 1.82) is 0 Å². The quantitative estimate of drug-likeness (QED) is 0.313. The zero-order valence-corrected chi connectivity index (χ0v) is 21.2. The lowest BCUT2D eigenvalue weighted by molar-refractivity contribution is -0.144. The van der Waals surface area contributed by atoms with Crippen LogP contribution in [0.5, 0.6) is 5.75 Å². The Morgan fingerprint density at radius 1 is 1.22 bits per heavy atom. The molecular formula is C23H35N3O5Si. The Bertz CT molecular complexity index is 936. The third kappa shape index (κ3) is 7.20. The van der Waals surface area contributed by atoms with Gasteiger partial charge in [-0.05, 0) is 25.1 Å². The second-order valence-electron chi connectivity index (χ2n) is 9.04. The number of imidazole rings is 1. The summed E-state index contributed by atoms with van der Waals surface area (Å²) < 4.78 is 18.3. The molecule has 0 aliphatic carbocycles. The molecule has 32 heavy (non-hydrogen) atoms. The molecule has 0 unspecified atom stereocenters. The molecule has 0 aliphatic rings. The predicted molar refractivity (Wildman–Crippen MR) is 126 cm³/mol. The molecule has 0 saturated carbocycles. The fraction of sp³-hybridized carbons (Fsp3) is 0.522. The summed E-state index contributed by atoms with van der Waals surface area (Å²) in [7, 11) is 1.70. The molecule has 1 heterocycles. The van der Waals surface area contributed by atoms with Gasteiger partial charge in [0, 0.05) is 33.6 Å². The first-order valence-electron chi connectivity index (χ1n) is 10.7. The highest BCUT2D eigenvalue weighted by Gasteiger charge is 2.26. The number of carbonyl (C=O) groups is 2. The Morgan fingerprint density at radius 3 is 2.53 bits per heavy atom. The number of carbonyl (C=O) groups excluding carboxylic acids is 2. The monoisotopic (exact) mass is 461 g/mol. The van der Waals surface area contributed by atoms with E-state index in [1.165, 1.54) is 14.0 Å². The summed E-state index contributed by atoms with van der Waals surface area (Å²) in [5, 5.41) is 2.68. The minimum Gasteiger partial charge on any atom is -0.496 e. The van der Waals surface area contributed by atoms with Crippen LogP contribution in [0.25, 0.3) is 11.3 Å². The second-order valence-corrected chi connectivity index (χ2v) is 14.7. The van der Waals surface area contributed by atoms with Gasteiger partial charge < -0.3 is 24.1 Å². The maximum atomic E-state index is 12.4. The lowest BCUT2D eigenvalue weighted by Crippen LogP contribution is -2.42. The normalized spacial score (nSPS) is 12.3. The van der Waals surface area contributed by atoms with E-state index in [4.69, 9.17) is 14.2 Å². The zero-order valence-electron chi connectivity index (χ0n) is 20.2. The van der Waals surface area contributed by atoms with Crippen LogP contribution in [-0.4, -0.2) is 56.4 Å². The molecule has 0 saturated heterocycles. The largest absolute Gasteiger partial charge is 0.496 e. The Balaban J connectivity index is 2.43. The highest BCUT2D eigenvalue weighted by Crippen LogP contribution is 2.33. The van der Waals surface area contributed by atoms with E-state index in [-0.39, 0.29) is 12.3 Å². The molecule has 0 aliphatic heterocycles. The number of esters is 1. The molecule has 2 rings (SSSR count). The molecule has 0 fully saturated rings. The first-order chi connectivity index (χ1) is 15.1. The number of rotatable bonds is 11. The van der Waals surface area contributed by atoms with Gasteiger partial charge in [0.1, 0.15) is 18.5 Å². The zero-order chi connectivity index (χ0) is 23.9. The Morgan fingerprint density at radius 2 is 1.94 bits per heavy atom. The smallest absolute Gasteiger partial charge is 0.328 e. The molecule has 0 spiro atoms. The highest BCUT2D eigenvalue weighted by atomic mass is 28.3. The van der Waals surface area contributed by atoms with Crippen LogP contribution in [0.2, 0.25) is 25.7 Å². The average molecular weight is 462 g/mol. The molecule has 1 aromatic heterocycles.